The molecule has 0 amide bonds. The van der Waals surface area contributed by atoms with Crippen LogP contribution in [0, 0.1) is 0 Å². The quantitative estimate of drug-likeness (QED) is 0.818. The molecule has 1 aliphatic heterocycles. The largest absolute Gasteiger partial charge is 0.261 e. The minimum atomic E-state index is -3.15. The average Bonchev–Trinajstić information content (AvgIpc) is 2.40. The summed E-state index contributed by atoms with van der Waals surface area (Å²) in [6, 6.07) is -0.137. The normalized spacial score (nSPS) is 22.5. The Morgan fingerprint density at radius 2 is 2.24 bits per heavy atom. The topological polar surface area (TPSA) is 63.2 Å². The van der Waals surface area contributed by atoms with E-state index in [9.17, 15) is 8.42 Å². The Morgan fingerprint density at radius 1 is 1.41 bits per heavy atom. The first-order valence-electron chi connectivity index (χ1n) is 5.90. The van der Waals surface area contributed by atoms with Gasteiger partial charge in [-0.25, -0.2) is 8.42 Å². The van der Waals surface area contributed by atoms with Crippen LogP contribution >= 0.6 is 0 Å². The van der Waals surface area contributed by atoms with E-state index in [0.717, 1.165) is 25.0 Å². The first-order chi connectivity index (χ1) is 8.15. The summed E-state index contributed by atoms with van der Waals surface area (Å²) in [7, 11) is -3.15. The van der Waals surface area contributed by atoms with Gasteiger partial charge in [-0.05, 0) is 19.8 Å². The Kier molecular flexibility index (Phi) is 3.73. The van der Waals surface area contributed by atoms with Crippen molar-refractivity contribution in [1.29, 1.82) is 0 Å². The lowest BCUT2D eigenvalue weighted by molar-refractivity contribution is 0.251. The molecule has 17 heavy (non-hydrogen) atoms. The van der Waals surface area contributed by atoms with E-state index >= 15 is 0 Å². The van der Waals surface area contributed by atoms with Crippen LogP contribution in [0.1, 0.15) is 37.9 Å². The van der Waals surface area contributed by atoms with Crippen molar-refractivity contribution in [2.75, 3.05) is 12.3 Å². The number of aromatic nitrogens is 2. The molecule has 94 valence electrons. The second-order valence-electron chi connectivity index (χ2n) is 4.15. The van der Waals surface area contributed by atoms with E-state index in [4.69, 9.17) is 0 Å². The predicted molar refractivity (Wildman–Crippen MR) is 64.8 cm³/mol. The van der Waals surface area contributed by atoms with Gasteiger partial charge in [-0.2, -0.15) is 4.31 Å². The number of hydrogen-bond acceptors (Lipinski definition) is 4. The lowest BCUT2D eigenvalue weighted by atomic mass is 10.0. The first-order valence-corrected chi connectivity index (χ1v) is 7.51. The van der Waals surface area contributed by atoms with Gasteiger partial charge >= 0.3 is 0 Å². The minimum absolute atomic E-state index is 0.137. The van der Waals surface area contributed by atoms with E-state index in [1.807, 2.05) is 0 Å². The summed E-state index contributed by atoms with van der Waals surface area (Å²) >= 11 is 0. The molecule has 0 radical (unpaired) electrons. The Morgan fingerprint density at radius 3 is 2.88 bits per heavy atom. The molecule has 1 unspecified atom stereocenters. The minimum Gasteiger partial charge on any atom is -0.261 e. The average molecular weight is 255 g/mol. The fraction of sp³-hybridized carbons (Fsp3) is 0.636. The summed E-state index contributed by atoms with van der Waals surface area (Å²) in [5, 5.41) is 0. The fourth-order valence-corrected chi connectivity index (χ4v) is 3.52. The highest BCUT2D eigenvalue weighted by Crippen LogP contribution is 2.31. The van der Waals surface area contributed by atoms with Crippen LogP contribution in [0.15, 0.2) is 18.6 Å². The van der Waals surface area contributed by atoms with Gasteiger partial charge in [-0.15, -0.1) is 0 Å². The number of nitrogens with zero attached hydrogens (tertiary/aromatic N) is 3. The summed E-state index contributed by atoms with van der Waals surface area (Å²) < 4.78 is 25.6. The molecule has 1 aromatic rings. The lowest BCUT2D eigenvalue weighted by Gasteiger charge is -2.33. The number of hydrogen-bond donors (Lipinski definition) is 0. The molecule has 0 bridgehead atoms. The zero-order chi connectivity index (χ0) is 12.3. The second kappa shape index (κ2) is 5.10. The summed E-state index contributed by atoms with van der Waals surface area (Å²) in [5.41, 5.74) is 0.754. The summed E-state index contributed by atoms with van der Waals surface area (Å²) in [6.07, 6.45) is 7.67. The maximum atomic E-state index is 12.0. The second-order valence-corrected chi connectivity index (χ2v) is 6.36. The highest BCUT2D eigenvalue weighted by molar-refractivity contribution is 7.89. The standard InChI is InChI=1S/C11H17N3O2S/c1-2-17(15,16)14-8-4-3-5-11(14)10-9-12-6-7-13-10/h6-7,9,11H,2-5,8H2,1H3. The van der Waals surface area contributed by atoms with Crippen LogP contribution in [0.3, 0.4) is 0 Å². The SMILES string of the molecule is CCS(=O)(=O)N1CCCCC1c1cnccn1. The highest BCUT2D eigenvalue weighted by atomic mass is 32.2. The number of sulfonamides is 1. The van der Waals surface area contributed by atoms with Crippen LogP contribution in [-0.4, -0.2) is 35.0 Å². The molecular weight excluding hydrogens is 238 g/mol. The smallest absolute Gasteiger partial charge is 0.214 e. The van der Waals surface area contributed by atoms with Crippen molar-refractivity contribution in [2.24, 2.45) is 0 Å². The lowest BCUT2D eigenvalue weighted by Crippen LogP contribution is -2.39. The van der Waals surface area contributed by atoms with E-state index < -0.39 is 10.0 Å². The summed E-state index contributed by atoms with van der Waals surface area (Å²) in [4.78, 5) is 8.25. The van der Waals surface area contributed by atoms with Gasteiger partial charge in [-0.3, -0.25) is 9.97 Å². The zero-order valence-electron chi connectivity index (χ0n) is 9.91. The van der Waals surface area contributed by atoms with Crippen LogP contribution in [0.25, 0.3) is 0 Å². The van der Waals surface area contributed by atoms with Gasteiger partial charge in [0.15, 0.2) is 0 Å². The molecule has 1 saturated heterocycles. The predicted octanol–water partition coefficient (Wildman–Crippen LogP) is 1.35. The van der Waals surface area contributed by atoms with Gasteiger partial charge in [0.2, 0.25) is 10.0 Å². The molecule has 0 aliphatic carbocycles. The third kappa shape index (κ3) is 2.63. The molecule has 0 spiro atoms. The third-order valence-corrected chi connectivity index (χ3v) is 4.98. The van der Waals surface area contributed by atoms with Crippen molar-refractivity contribution in [3.8, 4) is 0 Å². The number of rotatable bonds is 3. The Labute approximate surface area is 102 Å². The van der Waals surface area contributed by atoms with Gasteiger partial charge in [-0.1, -0.05) is 6.42 Å². The summed E-state index contributed by atoms with van der Waals surface area (Å²) in [5.74, 6) is 0.143. The molecule has 1 fully saturated rings. The van der Waals surface area contributed by atoms with E-state index in [-0.39, 0.29) is 11.8 Å². The zero-order valence-corrected chi connectivity index (χ0v) is 10.7. The van der Waals surface area contributed by atoms with Crippen molar-refractivity contribution in [3.05, 3.63) is 24.3 Å². The molecule has 0 aromatic carbocycles. The molecule has 1 aromatic heterocycles. The van der Waals surface area contributed by atoms with Crippen LogP contribution in [0.4, 0.5) is 0 Å². The fourth-order valence-electron chi connectivity index (χ4n) is 2.18. The monoisotopic (exact) mass is 255 g/mol. The van der Waals surface area contributed by atoms with Crippen LogP contribution in [0.2, 0.25) is 0 Å². The van der Waals surface area contributed by atoms with E-state index in [1.165, 1.54) is 0 Å². The molecule has 1 atom stereocenters. The van der Waals surface area contributed by atoms with E-state index in [0.29, 0.717) is 6.54 Å². The molecule has 1 aliphatic rings. The molecule has 2 rings (SSSR count). The molecule has 5 nitrogen and oxygen atoms in total. The van der Waals surface area contributed by atoms with Crippen LogP contribution in [0.5, 0.6) is 0 Å². The van der Waals surface area contributed by atoms with Gasteiger partial charge in [0.05, 0.1) is 23.7 Å². The van der Waals surface area contributed by atoms with Crippen molar-refractivity contribution in [3.63, 3.8) is 0 Å². The maximum Gasteiger partial charge on any atom is 0.214 e. The van der Waals surface area contributed by atoms with Crippen molar-refractivity contribution >= 4 is 10.0 Å². The third-order valence-electron chi connectivity index (χ3n) is 3.10. The van der Waals surface area contributed by atoms with Gasteiger partial charge in [0, 0.05) is 18.9 Å². The summed E-state index contributed by atoms with van der Waals surface area (Å²) in [6.45, 7) is 2.27. The van der Waals surface area contributed by atoms with Crippen molar-refractivity contribution in [2.45, 2.75) is 32.2 Å². The number of piperidine rings is 1. The molecule has 2 heterocycles. The van der Waals surface area contributed by atoms with E-state index in [1.54, 1.807) is 29.8 Å². The Bertz CT molecular complexity index is 461. The molecule has 6 heteroatoms. The Hall–Kier alpha value is -1.01. The molecular formula is C11H17N3O2S. The first kappa shape index (κ1) is 12.4. The van der Waals surface area contributed by atoms with Crippen molar-refractivity contribution in [1.82, 2.24) is 14.3 Å². The van der Waals surface area contributed by atoms with E-state index in [2.05, 4.69) is 9.97 Å². The van der Waals surface area contributed by atoms with Crippen LogP contribution in [-0.2, 0) is 10.0 Å². The highest BCUT2D eigenvalue weighted by Gasteiger charge is 2.32. The van der Waals surface area contributed by atoms with Gasteiger partial charge in [0.25, 0.3) is 0 Å². The Balaban J connectivity index is 2.31. The maximum absolute atomic E-state index is 12.0. The molecule has 0 N–H and O–H groups in total. The molecule has 0 saturated carbocycles. The van der Waals surface area contributed by atoms with Crippen molar-refractivity contribution < 1.29 is 8.42 Å². The van der Waals surface area contributed by atoms with Gasteiger partial charge in [0.1, 0.15) is 0 Å². The van der Waals surface area contributed by atoms with Gasteiger partial charge < -0.3 is 0 Å². The van der Waals surface area contributed by atoms with Crippen LogP contribution < -0.4 is 0 Å².